The first-order valence-corrected chi connectivity index (χ1v) is 7.23. The highest BCUT2D eigenvalue weighted by atomic mass is 35.5. The van der Waals surface area contributed by atoms with Crippen LogP contribution in [0.25, 0.3) is 0 Å². The van der Waals surface area contributed by atoms with Crippen LogP contribution >= 0.6 is 11.6 Å². The number of hydrogen-bond donors (Lipinski definition) is 3. The van der Waals surface area contributed by atoms with Gasteiger partial charge in [0.25, 0.3) is 5.91 Å². The lowest BCUT2D eigenvalue weighted by Gasteiger charge is -2.25. The second kappa shape index (κ2) is 7.35. The van der Waals surface area contributed by atoms with Gasteiger partial charge in [-0.2, -0.15) is 0 Å². The maximum Gasteiger partial charge on any atom is 0.303 e. The molecule has 122 valence electrons. The summed E-state index contributed by atoms with van der Waals surface area (Å²) in [6.07, 6.45) is 0.242. The molecule has 7 heteroatoms. The van der Waals surface area contributed by atoms with E-state index in [2.05, 4.69) is 5.32 Å². The summed E-state index contributed by atoms with van der Waals surface area (Å²) in [5.41, 5.74) is -0.458. The van der Waals surface area contributed by atoms with Crippen molar-refractivity contribution in [3.05, 3.63) is 22.7 Å². The summed E-state index contributed by atoms with van der Waals surface area (Å²) < 4.78 is 5.23. The largest absolute Gasteiger partial charge is 0.503 e. The fraction of sp³-hybridized carbons (Fsp3) is 0.467. The number of aliphatic carboxylic acids is 1. The van der Waals surface area contributed by atoms with Crippen LogP contribution in [0.15, 0.2) is 12.1 Å². The Morgan fingerprint density at radius 2 is 2.00 bits per heavy atom. The molecule has 0 saturated heterocycles. The van der Waals surface area contributed by atoms with Gasteiger partial charge in [0.15, 0.2) is 11.5 Å². The van der Waals surface area contributed by atoms with Gasteiger partial charge in [0.05, 0.1) is 11.6 Å². The number of hydrogen-bond acceptors (Lipinski definition) is 4. The quantitative estimate of drug-likeness (QED) is 0.715. The molecule has 0 unspecified atom stereocenters. The maximum absolute atomic E-state index is 12.3. The van der Waals surface area contributed by atoms with E-state index in [1.807, 2.05) is 0 Å². The summed E-state index contributed by atoms with van der Waals surface area (Å²) in [4.78, 5) is 22.9. The third-order valence-corrected chi connectivity index (χ3v) is 3.29. The summed E-state index contributed by atoms with van der Waals surface area (Å²) in [6.45, 7) is 5.53. The summed E-state index contributed by atoms with van der Waals surface area (Å²) in [7, 11) is 0. The molecule has 0 aliphatic rings. The molecule has 0 radical (unpaired) electrons. The minimum atomic E-state index is -0.923. The first-order chi connectivity index (χ1) is 10.2. The van der Waals surface area contributed by atoms with E-state index in [-0.39, 0.29) is 34.9 Å². The van der Waals surface area contributed by atoms with Gasteiger partial charge in [-0.25, -0.2) is 0 Å². The van der Waals surface area contributed by atoms with Crippen molar-refractivity contribution in [2.24, 2.45) is 0 Å². The van der Waals surface area contributed by atoms with E-state index in [1.54, 1.807) is 20.8 Å². The lowest BCUT2D eigenvalue weighted by molar-refractivity contribution is -0.137. The van der Waals surface area contributed by atoms with Crippen LogP contribution in [0.2, 0.25) is 5.02 Å². The SMILES string of the molecule is CCOc1cc(C(=O)NC(C)(C)CCC(=O)O)cc(Cl)c1O. The van der Waals surface area contributed by atoms with E-state index in [9.17, 15) is 14.7 Å². The summed E-state index contributed by atoms with van der Waals surface area (Å²) in [5.74, 6) is -1.43. The molecule has 1 aromatic carbocycles. The number of nitrogens with one attached hydrogen (secondary N) is 1. The number of benzene rings is 1. The summed E-state index contributed by atoms with van der Waals surface area (Å²) >= 11 is 5.89. The lowest BCUT2D eigenvalue weighted by Crippen LogP contribution is -2.43. The lowest BCUT2D eigenvalue weighted by atomic mass is 9.97. The van der Waals surface area contributed by atoms with Crippen molar-refractivity contribution in [2.45, 2.75) is 39.2 Å². The van der Waals surface area contributed by atoms with Crippen LogP contribution in [0.4, 0.5) is 0 Å². The molecule has 1 rings (SSSR count). The fourth-order valence-electron chi connectivity index (χ4n) is 1.83. The summed E-state index contributed by atoms with van der Waals surface area (Å²) in [6, 6.07) is 2.73. The number of phenolic OH excluding ortho intramolecular Hbond substituents is 1. The standard InChI is InChI=1S/C15H20ClNO5/c1-4-22-11-8-9(7-10(16)13(11)20)14(21)17-15(2,3)6-5-12(18)19/h7-8,20H,4-6H2,1-3H3,(H,17,21)(H,18,19). The van der Waals surface area contributed by atoms with Gasteiger partial charge in [-0.1, -0.05) is 11.6 Å². The monoisotopic (exact) mass is 329 g/mol. The van der Waals surface area contributed by atoms with Crippen LogP contribution in [0.5, 0.6) is 11.5 Å². The zero-order valence-electron chi connectivity index (χ0n) is 12.8. The van der Waals surface area contributed by atoms with Crippen LogP contribution in [0.3, 0.4) is 0 Å². The zero-order chi connectivity index (χ0) is 16.9. The Bertz CT molecular complexity index is 571. The Kier molecular flexibility index (Phi) is 6.05. The van der Waals surface area contributed by atoms with E-state index in [4.69, 9.17) is 21.4 Å². The molecule has 1 aromatic rings. The second-order valence-corrected chi connectivity index (χ2v) is 5.88. The third-order valence-electron chi connectivity index (χ3n) is 3.01. The smallest absolute Gasteiger partial charge is 0.303 e. The average Bonchev–Trinajstić information content (AvgIpc) is 2.41. The number of phenols is 1. The fourth-order valence-corrected chi connectivity index (χ4v) is 2.04. The molecule has 22 heavy (non-hydrogen) atoms. The van der Waals surface area contributed by atoms with Crippen molar-refractivity contribution in [1.29, 1.82) is 0 Å². The third kappa shape index (κ3) is 5.11. The van der Waals surface area contributed by atoms with Crippen molar-refractivity contribution in [3.63, 3.8) is 0 Å². The van der Waals surface area contributed by atoms with Gasteiger partial charge >= 0.3 is 5.97 Å². The molecule has 0 bridgehead atoms. The molecule has 1 amide bonds. The number of carboxylic acids is 1. The highest BCUT2D eigenvalue weighted by Gasteiger charge is 2.23. The number of ether oxygens (including phenoxy) is 1. The van der Waals surface area contributed by atoms with E-state index in [0.29, 0.717) is 6.61 Å². The van der Waals surface area contributed by atoms with Crippen LogP contribution in [0.1, 0.15) is 44.0 Å². The molecule has 0 heterocycles. The normalized spacial score (nSPS) is 11.1. The number of carbonyl (C=O) groups is 2. The first kappa shape index (κ1) is 18.1. The highest BCUT2D eigenvalue weighted by molar-refractivity contribution is 6.32. The van der Waals surface area contributed by atoms with E-state index in [0.717, 1.165) is 0 Å². The molecule has 0 aliphatic carbocycles. The van der Waals surface area contributed by atoms with Crippen molar-refractivity contribution in [2.75, 3.05) is 6.61 Å². The van der Waals surface area contributed by atoms with Crippen molar-refractivity contribution in [3.8, 4) is 11.5 Å². The van der Waals surface area contributed by atoms with E-state index >= 15 is 0 Å². The van der Waals surface area contributed by atoms with E-state index < -0.39 is 17.4 Å². The number of halogens is 1. The summed E-state index contributed by atoms with van der Waals surface area (Å²) in [5, 5.41) is 21.2. The molecule has 0 spiro atoms. The van der Waals surface area contributed by atoms with Crippen LogP contribution in [-0.4, -0.2) is 34.2 Å². The number of amides is 1. The molecule has 0 fully saturated rings. The van der Waals surface area contributed by atoms with Gasteiger partial charge in [0.1, 0.15) is 0 Å². The molecule has 0 aliphatic heterocycles. The van der Waals surface area contributed by atoms with Crippen LogP contribution < -0.4 is 10.1 Å². The zero-order valence-corrected chi connectivity index (χ0v) is 13.5. The van der Waals surface area contributed by atoms with Crippen molar-refractivity contribution in [1.82, 2.24) is 5.32 Å². The Labute approximate surface area is 134 Å². The highest BCUT2D eigenvalue weighted by Crippen LogP contribution is 2.35. The Morgan fingerprint density at radius 1 is 1.36 bits per heavy atom. The number of carboxylic acid groups (broad SMARTS) is 1. The molecule has 0 atom stereocenters. The predicted molar refractivity (Wildman–Crippen MR) is 82.7 cm³/mol. The Hall–Kier alpha value is -1.95. The maximum atomic E-state index is 12.3. The van der Waals surface area contributed by atoms with Crippen molar-refractivity contribution >= 4 is 23.5 Å². The average molecular weight is 330 g/mol. The number of aromatic hydroxyl groups is 1. The number of carbonyl (C=O) groups excluding carboxylic acids is 1. The van der Waals surface area contributed by atoms with E-state index in [1.165, 1.54) is 12.1 Å². The van der Waals surface area contributed by atoms with Gasteiger partial charge in [-0.05, 0) is 39.3 Å². The second-order valence-electron chi connectivity index (χ2n) is 5.47. The van der Waals surface area contributed by atoms with Gasteiger partial charge in [-0.15, -0.1) is 0 Å². The Morgan fingerprint density at radius 3 is 2.55 bits per heavy atom. The van der Waals surface area contributed by atoms with Gasteiger partial charge < -0.3 is 20.3 Å². The van der Waals surface area contributed by atoms with Crippen LogP contribution in [-0.2, 0) is 4.79 Å². The minimum absolute atomic E-state index is 0.0134. The van der Waals surface area contributed by atoms with Crippen LogP contribution in [0, 0.1) is 0 Å². The van der Waals surface area contributed by atoms with Crippen molar-refractivity contribution < 1.29 is 24.5 Å². The minimum Gasteiger partial charge on any atom is -0.503 e. The molecule has 0 aromatic heterocycles. The molecular weight excluding hydrogens is 310 g/mol. The molecule has 3 N–H and O–H groups in total. The topological polar surface area (TPSA) is 95.9 Å². The molecule has 6 nitrogen and oxygen atoms in total. The Balaban J connectivity index is 2.91. The van der Waals surface area contributed by atoms with Gasteiger partial charge in [-0.3, -0.25) is 9.59 Å². The molecular formula is C15H20ClNO5. The van der Waals surface area contributed by atoms with Gasteiger partial charge in [0.2, 0.25) is 0 Å². The first-order valence-electron chi connectivity index (χ1n) is 6.86. The molecule has 0 saturated carbocycles. The predicted octanol–water partition coefficient (Wildman–Crippen LogP) is 2.82. The number of rotatable bonds is 7. The van der Waals surface area contributed by atoms with Gasteiger partial charge in [0, 0.05) is 17.5 Å².